The molecule has 0 amide bonds. The lowest BCUT2D eigenvalue weighted by atomic mass is 10.1. The van der Waals surface area contributed by atoms with Gasteiger partial charge in [0.2, 0.25) is 0 Å². The second kappa shape index (κ2) is 10.9. The third kappa shape index (κ3) is 5.56. The summed E-state index contributed by atoms with van der Waals surface area (Å²) in [7, 11) is 3.03. The molecule has 172 valence electrons. The summed E-state index contributed by atoms with van der Waals surface area (Å²) in [6.45, 7) is 0. The molecule has 5 nitrogen and oxygen atoms in total. The molecule has 4 aromatic rings. The van der Waals surface area contributed by atoms with Crippen LogP contribution in [-0.4, -0.2) is 30.0 Å². The molecule has 0 fully saturated rings. The van der Waals surface area contributed by atoms with Crippen LogP contribution < -0.4 is 4.74 Å². The van der Waals surface area contributed by atoms with Crippen molar-refractivity contribution in [3.8, 4) is 22.7 Å². The highest BCUT2D eigenvalue weighted by molar-refractivity contribution is 6.30. The number of benzene rings is 3. The van der Waals surface area contributed by atoms with Crippen LogP contribution in [0.25, 0.3) is 23.0 Å². The summed E-state index contributed by atoms with van der Waals surface area (Å²) in [5, 5.41) is 5.58. The van der Waals surface area contributed by atoms with E-state index in [1.54, 1.807) is 19.2 Å². The number of carbonyl (C=O) groups is 1. The lowest BCUT2D eigenvalue weighted by molar-refractivity contribution is 0.0600. The number of ether oxygens (including phenoxy) is 2. The van der Waals surface area contributed by atoms with Crippen molar-refractivity contribution in [3.05, 3.63) is 107 Å². The van der Waals surface area contributed by atoms with Crippen molar-refractivity contribution < 1.29 is 14.3 Å². The van der Waals surface area contributed by atoms with E-state index in [0.29, 0.717) is 10.6 Å². The Balaban J connectivity index is 1.52. The largest absolute Gasteiger partial charge is 0.497 e. The number of nitrogens with zero attached hydrogens (tertiary/aromatic N) is 2. The minimum atomic E-state index is -0.334. The molecule has 0 saturated carbocycles. The zero-order valence-electron chi connectivity index (χ0n) is 19.1. The first-order valence-corrected chi connectivity index (χ1v) is 11.3. The number of carbonyl (C=O) groups excluding carboxylic acids is 1. The van der Waals surface area contributed by atoms with Gasteiger partial charge in [0.05, 0.1) is 36.9 Å². The highest BCUT2D eigenvalue weighted by Gasteiger charge is 2.12. The van der Waals surface area contributed by atoms with Crippen LogP contribution in [0.15, 0.2) is 84.9 Å². The highest BCUT2D eigenvalue weighted by Crippen LogP contribution is 2.27. The summed E-state index contributed by atoms with van der Waals surface area (Å²) >= 11 is 6.09. The zero-order chi connectivity index (χ0) is 23.9. The first-order valence-electron chi connectivity index (χ1n) is 10.9. The van der Waals surface area contributed by atoms with Gasteiger partial charge in [-0.1, -0.05) is 48.0 Å². The first-order chi connectivity index (χ1) is 16.6. The predicted molar refractivity (Wildman–Crippen MR) is 136 cm³/mol. The van der Waals surface area contributed by atoms with Crippen molar-refractivity contribution in [2.24, 2.45) is 0 Å². The molecule has 0 atom stereocenters. The van der Waals surface area contributed by atoms with E-state index in [2.05, 4.69) is 12.1 Å². The molecule has 6 heteroatoms. The summed E-state index contributed by atoms with van der Waals surface area (Å²) < 4.78 is 12.0. The molecule has 1 heterocycles. The van der Waals surface area contributed by atoms with Crippen molar-refractivity contribution in [1.29, 1.82) is 0 Å². The fourth-order valence-electron chi connectivity index (χ4n) is 3.60. The third-order valence-electron chi connectivity index (χ3n) is 5.43. The van der Waals surface area contributed by atoms with Gasteiger partial charge in [-0.25, -0.2) is 9.48 Å². The molecular weight excluding hydrogens is 448 g/mol. The average Bonchev–Trinajstić information content (AvgIpc) is 3.31. The van der Waals surface area contributed by atoms with Gasteiger partial charge in [-0.2, -0.15) is 5.10 Å². The van der Waals surface area contributed by atoms with E-state index in [0.717, 1.165) is 46.8 Å². The molecule has 0 saturated heterocycles. The number of halogens is 1. The maximum atomic E-state index is 11.6. The quantitative estimate of drug-likeness (QED) is 0.270. The third-order valence-corrected chi connectivity index (χ3v) is 5.68. The molecule has 0 aliphatic rings. The summed E-state index contributed by atoms with van der Waals surface area (Å²) in [5.41, 5.74) is 5.56. The van der Waals surface area contributed by atoms with Gasteiger partial charge >= 0.3 is 5.97 Å². The summed E-state index contributed by atoms with van der Waals surface area (Å²) in [6, 6.07) is 25.1. The molecule has 0 bridgehead atoms. The van der Waals surface area contributed by atoms with Crippen molar-refractivity contribution in [1.82, 2.24) is 9.78 Å². The van der Waals surface area contributed by atoms with Crippen molar-refractivity contribution in [2.75, 3.05) is 14.2 Å². The van der Waals surface area contributed by atoms with E-state index < -0.39 is 0 Å². The summed E-state index contributed by atoms with van der Waals surface area (Å²) in [5.74, 6) is 0.466. The number of rotatable bonds is 8. The Labute approximate surface area is 204 Å². The second-order valence-corrected chi connectivity index (χ2v) is 8.13. The van der Waals surface area contributed by atoms with Gasteiger partial charge in [0.15, 0.2) is 0 Å². The van der Waals surface area contributed by atoms with E-state index in [1.165, 1.54) is 7.11 Å². The molecule has 0 radical (unpaired) electrons. The van der Waals surface area contributed by atoms with Crippen molar-refractivity contribution in [2.45, 2.75) is 12.8 Å². The van der Waals surface area contributed by atoms with Crippen LogP contribution in [-0.2, 0) is 11.2 Å². The van der Waals surface area contributed by atoms with E-state index in [-0.39, 0.29) is 5.97 Å². The second-order valence-electron chi connectivity index (χ2n) is 7.69. The monoisotopic (exact) mass is 472 g/mol. The number of hydrogen-bond donors (Lipinski definition) is 0. The average molecular weight is 473 g/mol. The number of aryl methyl sites for hydroxylation is 1. The zero-order valence-corrected chi connectivity index (χ0v) is 19.8. The van der Waals surface area contributed by atoms with Crippen molar-refractivity contribution >= 4 is 23.6 Å². The van der Waals surface area contributed by atoms with Crippen LogP contribution in [0.3, 0.4) is 0 Å². The van der Waals surface area contributed by atoms with Crippen LogP contribution >= 0.6 is 11.6 Å². The minimum absolute atomic E-state index is 0.334. The molecule has 0 spiro atoms. The predicted octanol–water partition coefficient (Wildman–Crippen LogP) is 6.63. The Morgan fingerprint density at radius 1 is 0.971 bits per heavy atom. The number of aromatic nitrogens is 2. The molecule has 1 aromatic heterocycles. The standard InChI is InChI=1S/C28H25ClN2O3/c1-33-26-17-15-25(16-18-26)31-27(21-11-13-23(29)14-12-21)19-24(30-31)6-4-3-5-20-7-9-22(10-8-20)28(32)34-2/h3,5,7-19H,4,6H2,1-2H3/b5-3+. The van der Waals surface area contributed by atoms with Crippen LogP contribution in [0, 0.1) is 0 Å². The molecular formula is C28H25ClN2O3. The maximum Gasteiger partial charge on any atom is 0.337 e. The molecule has 0 N–H and O–H groups in total. The Morgan fingerprint density at radius 3 is 2.32 bits per heavy atom. The van der Waals surface area contributed by atoms with E-state index >= 15 is 0 Å². The van der Waals surface area contributed by atoms with E-state index in [4.69, 9.17) is 26.2 Å². The lowest BCUT2D eigenvalue weighted by Gasteiger charge is -2.08. The van der Waals surface area contributed by atoms with Gasteiger partial charge < -0.3 is 9.47 Å². The lowest BCUT2D eigenvalue weighted by Crippen LogP contribution is -2.00. The fraction of sp³-hybridized carbons (Fsp3) is 0.143. The van der Waals surface area contributed by atoms with E-state index in [1.807, 2.05) is 71.4 Å². The van der Waals surface area contributed by atoms with Crippen LogP contribution in [0.5, 0.6) is 5.75 Å². The Morgan fingerprint density at radius 2 is 1.68 bits per heavy atom. The van der Waals surface area contributed by atoms with Crippen LogP contribution in [0.1, 0.15) is 28.0 Å². The molecule has 0 aliphatic carbocycles. The smallest absolute Gasteiger partial charge is 0.337 e. The SMILES string of the molecule is COC(=O)c1ccc(/C=C/CCc2cc(-c3ccc(Cl)cc3)n(-c3ccc(OC)cc3)n2)cc1. The van der Waals surface area contributed by atoms with Crippen LogP contribution in [0.2, 0.25) is 5.02 Å². The van der Waals surface area contributed by atoms with E-state index in [9.17, 15) is 4.79 Å². The Hall–Kier alpha value is -3.83. The molecule has 34 heavy (non-hydrogen) atoms. The molecule has 0 unspecified atom stereocenters. The van der Waals surface area contributed by atoms with Gasteiger partial charge in [0.25, 0.3) is 0 Å². The van der Waals surface area contributed by atoms with Crippen LogP contribution in [0.4, 0.5) is 0 Å². The van der Waals surface area contributed by atoms with Gasteiger partial charge in [0, 0.05) is 10.6 Å². The first kappa shape index (κ1) is 23.3. The highest BCUT2D eigenvalue weighted by atomic mass is 35.5. The van der Waals surface area contributed by atoms with Gasteiger partial charge in [0.1, 0.15) is 5.75 Å². The number of hydrogen-bond acceptors (Lipinski definition) is 4. The molecule has 3 aromatic carbocycles. The Bertz CT molecular complexity index is 1270. The van der Waals surface area contributed by atoms with Crippen molar-refractivity contribution in [3.63, 3.8) is 0 Å². The number of allylic oxidation sites excluding steroid dienone is 1. The fourth-order valence-corrected chi connectivity index (χ4v) is 3.72. The van der Waals surface area contributed by atoms with Gasteiger partial charge in [-0.3, -0.25) is 0 Å². The normalized spacial score (nSPS) is 11.0. The number of esters is 1. The topological polar surface area (TPSA) is 53.4 Å². The Kier molecular flexibility index (Phi) is 7.45. The van der Waals surface area contributed by atoms with Gasteiger partial charge in [-0.05, 0) is 73.0 Å². The number of methoxy groups -OCH3 is 2. The summed E-state index contributed by atoms with van der Waals surface area (Å²) in [6.07, 6.45) is 5.78. The molecule has 0 aliphatic heterocycles. The molecule has 4 rings (SSSR count). The van der Waals surface area contributed by atoms with Gasteiger partial charge in [-0.15, -0.1) is 0 Å². The summed E-state index contributed by atoms with van der Waals surface area (Å²) in [4.78, 5) is 11.6. The maximum absolute atomic E-state index is 11.6. The minimum Gasteiger partial charge on any atom is -0.497 e.